The van der Waals surface area contributed by atoms with Crippen LogP contribution in [0.4, 0.5) is 11.6 Å². The molecule has 6 nitrogen and oxygen atoms in total. The average molecular weight is 355 g/mol. The molecule has 1 aliphatic rings. The molecular formula is C14H23BrN6. The summed E-state index contributed by atoms with van der Waals surface area (Å²) in [5, 5.41) is 7.82. The van der Waals surface area contributed by atoms with Crippen molar-refractivity contribution in [1.29, 1.82) is 5.41 Å². The van der Waals surface area contributed by atoms with Crippen molar-refractivity contribution in [3.8, 4) is 0 Å². The Kier molecular flexibility index (Phi) is 5.52. The molecule has 0 radical (unpaired) electrons. The Hall–Kier alpha value is -1.21. The van der Waals surface area contributed by atoms with Gasteiger partial charge in [0.15, 0.2) is 0 Å². The van der Waals surface area contributed by atoms with Crippen LogP contribution in [0.5, 0.6) is 0 Å². The predicted molar refractivity (Wildman–Crippen MR) is 90.4 cm³/mol. The van der Waals surface area contributed by atoms with Gasteiger partial charge in [0, 0.05) is 32.2 Å². The number of nitrogens with one attached hydrogen (secondary N) is 1. The highest BCUT2D eigenvalue weighted by Gasteiger charge is 2.24. The van der Waals surface area contributed by atoms with Crippen molar-refractivity contribution in [2.45, 2.75) is 32.7 Å². The quantitative estimate of drug-likeness (QED) is 0.791. The number of halogens is 1. The SMILES string of the molecule is CCCC(C)N1CCN(c2ncnc(N)c2C(=N)Br)CC1. The van der Waals surface area contributed by atoms with Crippen LogP contribution in [0, 0.1) is 5.41 Å². The van der Waals surface area contributed by atoms with E-state index < -0.39 is 0 Å². The molecule has 1 saturated heterocycles. The van der Waals surface area contributed by atoms with Crippen LogP contribution in [0.25, 0.3) is 0 Å². The van der Waals surface area contributed by atoms with E-state index in [1.807, 2.05) is 0 Å². The van der Waals surface area contributed by atoms with Crippen molar-refractivity contribution in [1.82, 2.24) is 14.9 Å². The molecule has 1 atom stereocenters. The molecule has 3 N–H and O–H groups in total. The molecule has 1 aromatic rings. The normalized spacial score (nSPS) is 17.8. The van der Waals surface area contributed by atoms with Gasteiger partial charge < -0.3 is 10.6 Å². The Balaban J connectivity index is 2.09. The van der Waals surface area contributed by atoms with Crippen LogP contribution in [-0.2, 0) is 0 Å². The van der Waals surface area contributed by atoms with Crippen molar-refractivity contribution in [2.75, 3.05) is 36.8 Å². The Bertz CT molecular complexity index is 498. The Morgan fingerprint density at radius 2 is 2.05 bits per heavy atom. The fraction of sp³-hybridized carbons (Fsp3) is 0.643. The van der Waals surface area contributed by atoms with Gasteiger partial charge in [-0.05, 0) is 29.3 Å². The summed E-state index contributed by atoms with van der Waals surface area (Å²) in [6.45, 7) is 8.35. The summed E-state index contributed by atoms with van der Waals surface area (Å²) in [5.74, 6) is 1.11. The summed E-state index contributed by atoms with van der Waals surface area (Å²) in [4.78, 5) is 13.0. The molecule has 2 heterocycles. The van der Waals surface area contributed by atoms with E-state index >= 15 is 0 Å². The van der Waals surface area contributed by atoms with Gasteiger partial charge in [-0.1, -0.05) is 13.3 Å². The largest absolute Gasteiger partial charge is 0.383 e. The molecule has 21 heavy (non-hydrogen) atoms. The van der Waals surface area contributed by atoms with E-state index in [4.69, 9.17) is 11.1 Å². The molecule has 0 aromatic carbocycles. The van der Waals surface area contributed by atoms with Crippen molar-refractivity contribution in [2.24, 2.45) is 0 Å². The minimum Gasteiger partial charge on any atom is -0.383 e. The molecule has 2 rings (SSSR count). The van der Waals surface area contributed by atoms with Gasteiger partial charge in [-0.25, -0.2) is 9.97 Å². The van der Waals surface area contributed by atoms with Gasteiger partial charge in [-0.2, -0.15) is 0 Å². The van der Waals surface area contributed by atoms with Crippen LogP contribution in [0.2, 0.25) is 0 Å². The smallest absolute Gasteiger partial charge is 0.144 e. The lowest BCUT2D eigenvalue weighted by Gasteiger charge is -2.39. The molecule has 1 unspecified atom stereocenters. The van der Waals surface area contributed by atoms with E-state index in [2.05, 4.69) is 49.5 Å². The number of nitrogens with zero attached hydrogens (tertiary/aromatic N) is 4. The lowest BCUT2D eigenvalue weighted by Crippen LogP contribution is -2.50. The maximum atomic E-state index is 7.82. The topological polar surface area (TPSA) is 82.1 Å². The maximum Gasteiger partial charge on any atom is 0.144 e. The second kappa shape index (κ2) is 7.17. The predicted octanol–water partition coefficient (Wildman–Crippen LogP) is 2.09. The summed E-state index contributed by atoms with van der Waals surface area (Å²) in [7, 11) is 0. The second-order valence-electron chi connectivity index (χ2n) is 5.43. The summed E-state index contributed by atoms with van der Waals surface area (Å²) in [5.41, 5.74) is 6.48. The van der Waals surface area contributed by atoms with Crippen LogP contribution >= 0.6 is 15.9 Å². The van der Waals surface area contributed by atoms with Crippen LogP contribution in [0.1, 0.15) is 32.3 Å². The van der Waals surface area contributed by atoms with E-state index in [-0.39, 0.29) is 4.62 Å². The van der Waals surface area contributed by atoms with Gasteiger partial charge in [0.25, 0.3) is 0 Å². The molecule has 7 heteroatoms. The van der Waals surface area contributed by atoms with E-state index in [1.165, 1.54) is 19.2 Å². The highest BCUT2D eigenvalue weighted by molar-refractivity contribution is 9.18. The molecule has 0 aliphatic carbocycles. The highest BCUT2D eigenvalue weighted by atomic mass is 79.9. The number of hydrogen-bond donors (Lipinski definition) is 2. The standard InChI is InChI=1S/C14H23BrN6/c1-3-4-10(2)20-5-7-21(8-6-20)14-11(12(15)16)13(17)18-9-19-14/h9-10,16H,3-8H2,1-2H3,(H2,17,18,19). The Labute approximate surface area is 134 Å². The minimum absolute atomic E-state index is 0.234. The average Bonchev–Trinajstić information content (AvgIpc) is 2.47. The number of hydrogen-bond acceptors (Lipinski definition) is 6. The number of aromatic nitrogens is 2. The molecule has 0 saturated carbocycles. The van der Waals surface area contributed by atoms with Gasteiger partial charge in [0.2, 0.25) is 0 Å². The number of anilines is 2. The van der Waals surface area contributed by atoms with E-state index in [0.717, 1.165) is 32.0 Å². The number of rotatable bonds is 5. The van der Waals surface area contributed by atoms with E-state index in [1.54, 1.807) is 0 Å². The lowest BCUT2D eigenvalue weighted by molar-refractivity contribution is 0.187. The van der Waals surface area contributed by atoms with Gasteiger partial charge in [-0.3, -0.25) is 10.3 Å². The highest BCUT2D eigenvalue weighted by Crippen LogP contribution is 2.25. The zero-order valence-corrected chi connectivity index (χ0v) is 14.2. The second-order valence-corrected chi connectivity index (χ2v) is 6.23. The lowest BCUT2D eigenvalue weighted by atomic mass is 10.1. The Morgan fingerprint density at radius 1 is 1.38 bits per heavy atom. The fourth-order valence-electron chi connectivity index (χ4n) is 2.81. The first-order valence-electron chi connectivity index (χ1n) is 7.38. The van der Waals surface area contributed by atoms with E-state index in [9.17, 15) is 0 Å². The van der Waals surface area contributed by atoms with Crippen LogP contribution in [-0.4, -0.2) is 51.7 Å². The third-order valence-electron chi connectivity index (χ3n) is 4.02. The number of nitrogen functional groups attached to an aromatic ring is 1. The molecule has 0 spiro atoms. The van der Waals surface area contributed by atoms with Crippen LogP contribution < -0.4 is 10.6 Å². The van der Waals surface area contributed by atoms with Crippen molar-refractivity contribution in [3.63, 3.8) is 0 Å². The first-order valence-corrected chi connectivity index (χ1v) is 8.17. The summed E-state index contributed by atoms with van der Waals surface area (Å²) < 4.78 is 0.234. The van der Waals surface area contributed by atoms with Crippen molar-refractivity contribution >= 4 is 32.2 Å². The maximum absolute atomic E-state index is 7.82. The zero-order chi connectivity index (χ0) is 15.4. The van der Waals surface area contributed by atoms with Crippen LogP contribution in [0.15, 0.2) is 6.33 Å². The third kappa shape index (κ3) is 3.71. The minimum atomic E-state index is 0.234. The summed E-state index contributed by atoms with van der Waals surface area (Å²) in [6.07, 6.45) is 3.92. The Morgan fingerprint density at radius 3 is 2.62 bits per heavy atom. The summed E-state index contributed by atoms with van der Waals surface area (Å²) >= 11 is 3.19. The molecule has 1 aliphatic heterocycles. The monoisotopic (exact) mass is 354 g/mol. The molecule has 0 bridgehead atoms. The number of nitrogens with two attached hydrogens (primary N) is 1. The first kappa shape index (κ1) is 16.2. The summed E-state index contributed by atoms with van der Waals surface area (Å²) in [6, 6.07) is 0.626. The number of piperazine rings is 1. The van der Waals surface area contributed by atoms with Crippen molar-refractivity contribution in [3.05, 3.63) is 11.9 Å². The van der Waals surface area contributed by atoms with Gasteiger partial charge in [-0.15, -0.1) is 0 Å². The fourth-order valence-corrected chi connectivity index (χ4v) is 3.20. The molecule has 1 aromatic heterocycles. The first-order chi connectivity index (χ1) is 10.0. The molecule has 0 amide bonds. The van der Waals surface area contributed by atoms with Gasteiger partial charge in [0.05, 0.1) is 5.56 Å². The van der Waals surface area contributed by atoms with Crippen molar-refractivity contribution < 1.29 is 0 Å². The van der Waals surface area contributed by atoms with E-state index in [0.29, 0.717) is 17.4 Å². The molecule has 1 fully saturated rings. The molecular weight excluding hydrogens is 332 g/mol. The molecule has 116 valence electrons. The van der Waals surface area contributed by atoms with Gasteiger partial charge >= 0.3 is 0 Å². The van der Waals surface area contributed by atoms with Crippen LogP contribution in [0.3, 0.4) is 0 Å². The zero-order valence-electron chi connectivity index (χ0n) is 12.6. The van der Waals surface area contributed by atoms with Gasteiger partial charge in [0.1, 0.15) is 22.6 Å². The third-order valence-corrected chi connectivity index (χ3v) is 4.42.